The van der Waals surface area contributed by atoms with Crippen LogP contribution in [0.2, 0.25) is 0 Å². The molecule has 2 aromatic carbocycles. The van der Waals surface area contributed by atoms with E-state index in [1.165, 1.54) is 16.9 Å². The van der Waals surface area contributed by atoms with Gasteiger partial charge in [0.05, 0.1) is 0 Å². The van der Waals surface area contributed by atoms with Crippen LogP contribution >= 0.6 is 11.3 Å². The summed E-state index contributed by atoms with van der Waals surface area (Å²) in [5.41, 5.74) is 1.92. The van der Waals surface area contributed by atoms with Crippen LogP contribution in [0.1, 0.15) is 28.1 Å². The third-order valence-corrected chi connectivity index (χ3v) is 4.83. The summed E-state index contributed by atoms with van der Waals surface area (Å²) in [6, 6.07) is 17.2. The van der Waals surface area contributed by atoms with Gasteiger partial charge in [-0.25, -0.2) is 4.79 Å². The lowest BCUT2D eigenvalue weighted by Crippen LogP contribution is -2.11. The molecule has 0 saturated heterocycles. The lowest BCUT2D eigenvalue weighted by atomic mass is 10.1. The Labute approximate surface area is 143 Å². The zero-order chi connectivity index (χ0) is 16.9. The minimum Gasteiger partial charge on any atom is -0.477 e. The molecule has 1 aromatic heterocycles. The molecule has 2 N–H and O–H groups in total. The first kappa shape index (κ1) is 16.2. The molecule has 122 valence electrons. The predicted molar refractivity (Wildman–Crippen MR) is 96.8 cm³/mol. The quantitative estimate of drug-likeness (QED) is 0.692. The third kappa shape index (κ3) is 4.00. The molecule has 0 aliphatic rings. The molecule has 0 radical (unpaired) electrons. The molecule has 5 heteroatoms. The molecule has 3 aromatic rings. The van der Waals surface area contributed by atoms with Crippen LogP contribution in [-0.2, 0) is 11.2 Å². The highest BCUT2D eigenvalue weighted by Gasteiger charge is 2.09. The molecule has 0 saturated carbocycles. The van der Waals surface area contributed by atoms with Gasteiger partial charge in [0.15, 0.2) is 0 Å². The zero-order valence-corrected chi connectivity index (χ0v) is 13.8. The van der Waals surface area contributed by atoms with Crippen molar-refractivity contribution in [1.82, 2.24) is 0 Å². The van der Waals surface area contributed by atoms with Gasteiger partial charge in [-0.2, -0.15) is 0 Å². The lowest BCUT2D eigenvalue weighted by Gasteiger charge is -2.05. The van der Waals surface area contributed by atoms with E-state index in [4.69, 9.17) is 5.11 Å². The number of carboxylic acids is 1. The number of fused-ring (bicyclic) bond motifs is 1. The average Bonchev–Trinajstić information content (AvgIpc) is 2.99. The maximum atomic E-state index is 12.0. The summed E-state index contributed by atoms with van der Waals surface area (Å²) < 4.78 is 0.898. The van der Waals surface area contributed by atoms with Crippen molar-refractivity contribution in [1.29, 1.82) is 0 Å². The first-order valence-corrected chi connectivity index (χ1v) is 8.54. The Balaban J connectivity index is 1.57. The molecule has 0 atom stereocenters. The van der Waals surface area contributed by atoms with E-state index < -0.39 is 5.97 Å². The summed E-state index contributed by atoms with van der Waals surface area (Å²) in [6.07, 6.45) is 2.12. The van der Waals surface area contributed by atoms with Gasteiger partial charge in [-0.3, -0.25) is 4.79 Å². The minimum atomic E-state index is -0.928. The van der Waals surface area contributed by atoms with E-state index in [1.54, 1.807) is 12.1 Å². The monoisotopic (exact) mass is 339 g/mol. The SMILES string of the molecule is O=C(CCCc1ccccc1)Nc1ccc2sc(C(=O)O)cc2c1. The van der Waals surface area contributed by atoms with E-state index in [9.17, 15) is 9.59 Å². The summed E-state index contributed by atoms with van der Waals surface area (Å²) in [4.78, 5) is 23.4. The summed E-state index contributed by atoms with van der Waals surface area (Å²) >= 11 is 1.23. The normalized spacial score (nSPS) is 10.7. The molecular formula is C19H17NO3S. The number of nitrogens with one attached hydrogen (secondary N) is 1. The third-order valence-electron chi connectivity index (χ3n) is 3.72. The molecule has 0 aliphatic carbocycles. The molecule has 24 heavy (non-hydrogen) atoms. The van der Waals surface area contributed by atoms with Gasteiger partial charge in [-0.1, -0.05) is 30.3 Å². The van der Waals surface area contributed by atoms with Gasteiger partial charge >= 0.3 is 5.97 Å². The van der Waals surface area contributed by atoms with Gasteiger partial charge in [0.25, 0.3) is 0 Å². The second kappa shape index (κ2) is 7.27. The second-order valence-electron chi connectivity index (χ2n) is 5.56. The van der Waals surface area contributed by atoms with Crippen LogP contribution < -0.4 is 5.32 Å². The Bertz CT molecular complexity index is 871. The number of aryl methyl sites for hydroxylation is 1. The van der Waals surface area contributed by atoms with Gasteiger partial charge in [0, 0.05) is 16.8 Å². The van der Waals surface area contributed by atoms with Crippen LogP contribution in [0.3, 0.4) is 0 Å². The number of hydrogen-bond donors (Lipinski definition) is 2. The molecule has 0 aliphatic heterocycles. The highest BCUT2D eigenvalue weighted by molar-refractivity contribution is 7.20. The molecule has 0 spiro atoms. The fourth-order valence-electron chi connectivity index (χ4n) is 2.55. The Morgan fingerprint density at radius 1 is 1.04 bits per heavy atom. The van der Waals surface area contributed by atoms with Crippen LogP contribution in [0.25, 0.3) is 10.1 Å². The number of carbonyl (C=O) groups excluding carboxylic acids is 1. The first-order chi connectivity index (χ1) is 11.6. The molecule has 0 unspecified atom stereocenters. The molecule has 0 bridgehead atoms. The summed E-state index contributed by atoms with van der Waals surface area (Å²) in [5.74, 6) is -0.957. The van der Waals surface area contributed by atoms with Crippen molar-refractivity contribution in [3.63, 3.8) is 0 Å². The average molecular weight is 339 g/mol. The second-order valence-corrected chi connectivity index (χ2v) is 6.64. The zero-order valence-electron chi connectivity index (χ0n) is 13.0. The maximum absolute atomic E-state index is 12.0. The Hall–Kier alpha value is -2.66. The number of rotatable bonds is 6. The standard InChI is InChI=1S/C19H17NO3S/c21-18(8-4-7-13-5-2-1-3-6-13)20-15-9-10-16-14(11-15)12-17(24-16)19(22)23/h1-3,5-6,9-12H,4,7-8H2,(H,20,21)(H,22,23). The van der Waals surface area contributed by atoms with E-state index in [0.29, 0.717) is 17.0 Å². The van der Waals surface area contributed by atoms with Gasteiger partial charge in [0.1, 0.15) is 4.88 Å². The number of aromatic carboxylic acids is 1. The fourth-order valence-corrected chi connectivity index (χ4v) is 3.43. The first-order valence-electron chi connectivity index (χ1n) is 7.72. The summed E-state index contributed by atoms with van der Waals surface area (Å²) in [7, 11) is 0. The van der Waals surface area contributed by atoms with Crippen LogP contribution in [0.15, 0.2) is 54.6 Å². The van der Waals surface area contributed by atoms with Crippen LogP contribution in [0, 0.1) is 0 Å². The van der Waals surface area contributed by atoms with Gasteiger partial charge in [-0.15, -0.1) is 11.3 Å². The maximum Gasteiger partial charge on any atom is 0.345 e. The van der Waals surface area contributed by atoms with Crippen molar-refractivity contribution in [2.24, 2.45) is 0 Å². The summed E-state index contributed by atoms with van der Waals surface area (Å²) in [5, 5.41) is 12.7. The molecule has 3 rings (SSSR count). The number of thiophene rings is 1. The van der Waals surface area contributed by atoms with Gasteiger partial charge in [0.2, 0.25) is 5.91 Å². The van der Waals surface area contributed by atoms with Crippen molar-refractivity contribution in [2.75, 3.05) is 5.32 Å². The number of benzene rings is 2. The fraction of sp³-hybridized carbons (Fsp3) is 0.158. The molecular weight excluding hydrogens is 322 g/mol. The number of anilines is 1. The van der Waals surface area contributed by atoms with Crippen molar-refractivity contribution in [3.8, 4) is 0 Å². The van der Waals surface area contributed by atoms with E-state index in [0.717, 1.165) is 22.9 Å². The van der Waals surface area contributed by atoms with Crippen molar-refractivity contribution < 1.29 is 14.7 Å². The van der Waals surface area contributed by atoms with Crippen LogP contribution in [-0.4, -0.2) is 17.0 Å². The van der Waals surface area contributed by atoms with E-state index >= 15 is 0 Å². The van der Waals surface area contributed by atoms with Crippen LogP contribution in [0.4, 0.5) is 5.69 Å². The van der Waals surface area contributed by atoms with E-state index in [2.05, 4.69) is 17.4 Å². The van der Waals surface area contributed by atoms with Gasteiger partial charge < -0.3 is 10.4 Å². The summed E-state index contributed by atoms with van der Waals surface area (Å²) in [6.45, 7) is 0. The lowest BCUT2D eigenvalue weighted by molar-refractivity contribution is -0.116. The molecule has 0 fully saturated rings. The topological polar surface area (TPSA) is 66.4 Å². The highest BCUT2D eigenvalue weighted by atomic mass is 32.1. The number of hydrogen-bond acceptors (Lipinski definition) is 3. The van der Waals surface area contributed by atoms with Crippen LogP contribution in [0.5, 0.6) is 0 Å². The molecule has 1 amide bonds. The Morgan fingerprint density at radius 2 is 1.83 bits per heavy atom. The van der Waals surface area contributed by atoms with E-state index in [-0.39, 0.29) is 5.91 Å². The number of carbonyl (C=O) groups is 2. The van der Waals surface area contributed by atoms with Crippen molar-refractivity contribution in [2.45, 2.75) is 19.3 Å². The predicted octanol–water partition coefficient (Wildman–Crippen LogP) is 4.56. The number of amides is 1. The largest absolute Gasteiger partial charge is 0.477 e. The van der Waals surface area contributed by atoms with Gasteiger partial charge in [-0.05, 0) is 48.1 Å². The Kier molecular flexibility index (Phi) is 4.91. The highest BCUT2D eigenvalue weighted by Crippen LogP contribution is 2.28. The van der Waals surface area contributed by atoms with Crippen molar-refractivity contribution >= 4 is 39.0 Å². The minimum absolute atomic E-state index is 0.0287. The number of carboxylic acid groups (broad SMARTS) is 1. The van der Waals surface area contributed by atoms with Crippen molar-refractivity contribution in [3.05, 3.63) is 65.0 Å². The Morgan fingerprint density at radius 3 is 2.58 bits per heavy atom. The molecule has 4 nitrogen and oxygen atoms in total. The smallest absolute Gasteiger partial charge is 0.345 e. The van der Waals surface area contributed by atoms with E-state index in [1.807, 2.05) is 30.3 Å². The molecule has 1 heterocycles.